The zero-order valence-corrected chi connectivity index (χ0v) is 19.6. The Balaban J connectivity index is 1.64. The van der Waals surface area contributed by atoms with Crippen LogP contribution in [0.1, 0.15) is 38.4 Å². The maximum atomic E-state index is 13.1. The van der Waals surface area contributed by atoms with E-state index in [9.17, 15) is 19.5 Å². The second-order valence-corrected chi connectivity index (χ2v) is 9.35. The maximum absolute atomic E-state index is 13.1. The highest BCUT2D eigenvalue weighted by Crippen LogP contribution is 2.27. The van der Waals surface area contributed by atoms with Crippen molar-refractivity contribution in [3.05, 3.63) is 41.0 Å². The minimum Gasteiger partial charge on any atom is -0.391 e. The van der Waals surface area contributed by atoms with Crippen LogP contribution in [0.25, 0.3) is 10.4 Å². The fourth-order valence-corrected chi connectivity index (χ4v) is 4.69. The fraction of sp³-hybridized carbons (Fsp3) is 0.478. The molecule has 3 atom stereocenters. The summed E-state index contributed by atoms with van der Waals surface area (Å²) in [5.41, 5.74) is 4.81. The number of carbonyl (C=O) groups excluding carboxylic acids is 3. The van der Waals surface area contributed by atoms with Gasteiger partial charge in [-0.05, 0) is 24.0 Å². The number of β-amino-alcohol motifs (C(OH)–C–C–N with tert-alkyl or cyclic N) is 1. The van der Waals surface area contributed by atoms with Gasteiger partial charge in [-0.25, -0.2) is 4.98 Å². The van der Waals surface area contributed by atoms with Gasteiger partial charge in [-0.3, -0.25) is 14.4 Å². The van der Waals surface area contributed by atoms with Crippen LogP contribution in [-0.2, 0) is 20.9 Å². The lowest BCUT2D eigenvalue weighted by Crippen LogP contribution is -2.55. The molecule has 8 nitrogen and oxygen atoms in total. The van der Waals surface area contributed by atoms with Crippen molar-refractivity contribution in [2.45, 2.75) is 58.8 Å². The molecule has 3 rings (SSSR count). The Morgan fingerprint density at radius 2 is 1.94 bits per heavy atom. The van der Waals surface area contributed by atoms with Crippen LogP contribution in [0.2, 0.25) is 0 Å². The summed E-state index contributed by atoms with van der Waals surface area (Å²) in [7, 11) is 0. The molecule has 0 aliphatic carbocycles. The number of aromatic nitrogens is 1. The van der Waals surface area contributed by atoms with Gasteiger partial charge < -0.3 is 20.6 Å². The van der Waals surface area contributed by atoms with Gasteiger partial charge >= 0.3 is 0 Å². The molecule has 1 aromatic heterocycles. The number of nitrogens with one attached hydrogen (secondary N) is 2. The molecule has 3 amide bonds. The zero-order chi connectivity index (χ0) is 23.4. The molecule has 1 fully saturated rings. The summed E-state index contributed by atoms with van der Waals surface area (Å²) in [5, 5.41) is 15.7. The second-order valence-electron chi connectivity index (χ2n) is 8.50. The van der Waals surface area contributed by atoms with E-state index in [1.54, 1.807) is 11.3 Å². The van der Waals surface area contributed by atoms with Crippen molar-refractivity contribution in [3.8, 4) is 10.4 Å². The van der Waals surface area contributed by atoms with Crippen molar-refractivity contribution in [2.24, 2.45) is 5.92 Å². The number of aryl methyl sites for hydroxylation is 1. The molecule has 0 saturated carbocycles. The molecule has 1 aromatic carbocycles. The highest BCUT2D eigenvalue weighted by atomic mass is 32.1. The van der Waals surface area contributed by atoms with Gasteiger partial charge in [-0.15, -0.1) is 11.3 Å². The molecule has 0 bridgehead atoms. The Labute approximate surface area is 192 Å². The standard InChI is InChI=1S/C23H30N4O4S/c1-13(2)20(26-15(4)28)23(31)27-11-18(29)9-19(27)22(30)24-10-16-5-7-17(8-6-16)21-14(3)25-12-32-21/h5-8,12-13,18-20,29H,9-11H2,1-4H3,(H,24,30)(H,26,28)/t18?,19?,20-/m0/s1. The number of benzene rings is 1. The van der Waals surface area contributed by atoms with Crippen molar-refractivity contribution >= 4 is 29.1 Å². The first-order valence-corrected chi connectivity index (χ1v) is 11.6. The lowest BCUT2D eigenvalue weighted by molar-refractivity contribution is -0.142. The number of aliphatic hydroxyl groups is 1. The van der Waals surface area contributed by atoms with Crippen LogP contribution < -0.4 is 10.6 Å². The van der Waals surface area contributed by atoms with E-state index in [1.165, 1.54) is 11.8 Å². The molecular weight excluding hydrogens is 428 g/mol. The SMILES string of the molecule is CC(=O)N[C@H](C(=O)N1CC(O)CC1C(=O)NCc1ccc(-c2scnc2C)cc1)C(C)C. The summed E-state index contributed by atoms with van der Waals surface area (Å²) in [6.45, 7) is 7.37. The number of amides is 3. The monoisotopic (exact) mass is 458 g/mol. The second kappa shape index (κ2) is 10.2. The van der Waals surface area contributed by atoms with Crippen molar-refractivity contribution < 1.29 is 19.5 Å². The number of likely N-dealkylation sites (tertiary alicyclic amines) is 1. The van der Waals surface area contributed by atoms with Crippen LogP contribution in [0.4, 0.5) is 0 Å². The number of thiazole rings is 1. The Hall–Kier alpha value is -2.78. The van der Waals surface area contributed by atoms with Crippen LogP contribution >= 0.6 is 11.3 Å². The molecule has 1 saturated heterocycles. The van der Waals surface area contributed by atoms with Crippen LogP contribution in [0.5, 0.6) is 0 Å². The number of hydrogen-bond acceptors (Lipinski definition) is 6. The first-order chi connectivity index (χ1) is 15.2. The topological polar surface area (TPSA) is 112 Å². The lowest BCUT2D eigenvalue weighted by atomic mass is 10.0. The quantitative estimate of drug-likeness (QED) is 0.586. The third-order valence-electron chi connectivity index (χ3n) is 5.58. The summed E-state index contributed by atoms with van der Waals surface area (Å²) in [4.78, 5) is 44.2. The molecule has 2 unspecified atom stereocenters. The third-order valence-corrected chi connectivity index (χ3v) is 6.56. The molecule has 9 heteroatoms. The summed E-state index contributed by atoms with van der Waals surface area (Å²) in [5.74, 6) is -1.12. The summed E-state index contributed by atoms with van der Waals surface area (Å²) < 4.78 is 0. The normalized spacial score (nSPS) is 19.1. The average Bonchev–Trinajstić information content (AvgIpc) is 3.35. The lowest BCUT2D eigenvalue weighted by Gasteiger charge is -2.30. The zero-order valence-electron chi connectivity index (χ0n) is 18.8. The van der Waals surface area contributed by atoms with E-state index in [4.69, 9.17) is 0 Å². The van der Waals surface area contributed by atoms with Crippen LogP contribution in [-0.4, -0.2) is 57.4 Å². The van der Waals surface area contributed by atoms with E-state index in [-0.39, 0.29) is 36.6 Å². The van der Waals surface area contributed by atoms with Gasteiger partial charge in [0, 0.05) is 26.4 Å². The fourth-order valence-electron chi connectivity index (χ4n) is 3.88. The van der Waals surface area contributed by atoms with Gasteiger partial charge in [0.1, 0.15) is 12.1 Å². The van der Waals surface area contributed by atoms with Crippen LogP contribution in [0.3, 0.4) is 0 Å². The van der Waals surface area contributed by atoms with Crippen LogP contribution in [0.15, 0.2) is 29.8 Å². The first-order valence-electron chi connectivity index (χ1n) is 10.7. The predicted octanol–water partition coefficient (Wildman–Crippen LogP) is 1.86. The number of nitrogens with zero attached hydrogens (tertiary/aromatic N) is 2. The third kappa shape index (κ3) is 5.52. The number of aliphatic hydroxyl groups excluding tert-OH is 1. The number of carbonyl (C=O) groups is 3. The van der Waals surface area contributed by atoms with Crippen molar-refractivity contribution in [1.82, 2.24) is 20.5 Å². The minimum atomic E-state index is -0.776. The molecule has 1 aliphatic heterocycles. The average molecular weight is 459 g/mol. The molecule has 1 aliphatic rings. The summed E-state index contributed by atoms with van der Waals surface area (Å²) in [6.07, 6.45) is -0.603. The van der Waals surface area contributed by atoms with Crippen molar-refractivity contribution in [3.63, 3.8) is 0 Å². The van der Waals surface area contributed by atoms with E-state index >= 15 is 0 Å². The Bertz CT molecular complexity index is 973. The van der Waals surface area contributed by atoms with Gasteiger partial charge in [0.2, 0.25) is 17.7 Å². The Kier molecular flexibility index (Phi) is 7.63. The summed E-state index contributed by atoms with van der Waals surface area (Å²) in [6, 6.07) is 6.39. The molecule has 2 aromatic rings. The minimum absolute atomic E-state index is 0.0720. The maximum Gasteiger partial charge on any atom is 0.246 e. The van der Waals surface area contributed by atoms with E-state index < -0.39 is 18.2 Å². The van der Waals surface area contributed by atoms with E-state index in [2.05, 4.69) is 15.6 Å². The first kappa shape index (κ1) is 23.9. The van der Waals surface area contributed by atoms with Crippen molar-refractivity contribution in [2.75, 3.05) is 6.54 Å². The molecule has 3 N–H and O–H groups in total. The number of hydrogen-bond donors (Lipinski definition) is 3. The van der Waals surface area contributed by atoms with Gasteiger partial charge in [0.15, 0.2) is 0 Å². The van der Waals surface area contributed by atoms with Gasteiger partial charge in [0.05, 0.1) is 22.2 Å². The molecular formula is C23H30N4O4S. The predicted molar refractivity (Wildman–Crippen MR) is 123 cm³/mol. The highest BCUT2D eigenvalue weighted by molar-refractivity contribution is 7.13. The van der Waals surface area contributed by atoms with E-state index in [0.717, 1.165) is 21.7 Å². The molecule has 0 spiro atoms. The van der Waals surface area contributed by atoms with Crippen LogP contribution in [0, 0.1) is 12.8 Å². The Morgan fingerprint density at radius 1 is 1.25 bits per heavy atom. The smallest absolute Gasteiger partial charge is 0.246 e. The molecule has 0 radical (unpaired) electrons. The highest BCUT2D eigenvalue weighted by Gasteiger charge is 2.41. The largest absolute Gasteiger partial charge is 0.391 e. The van der Waals surface area contributed by atoms with Gasteiger partial charge in [0.25, 0.3) is 0 Å². The van der Waals surface area contributed by atoms with Crippen molar-refractivity contribution in [1.29, 1.82) is 0 Å². The van der Waals surface area contributed by atoms with E-state index in [0.29, 0.717) is 6.54 Å². The van der Waals surface area contributed by atoms with E-state index in [1.807, 2.05) is 50.5 Å². The Morgan fingerprint density at radius 3 is 2.50 bits per heavy atom. The molecule has 2 heterocycles. The van der Waals surface area contributed by atoms with Gasteiger partial charge in [-0.1, -0.05) is 38.1 Å². The molecule has 172 valence electrons. The number of rotatable bonds is 7. The summed E-state index contributed by atoms with van der Waals surface area (Å²) >= 11 is 1.59. The molecule has 32 heavy (non-hydrogen) atoms. The van der Waals surface area contributed by atoms with Gasteiger partial charge in [-0.2, -0.15) is 0 Å².